The van der Waals surface area contributed by atoms with Crippen LogP contribution in [0.25, 0.3) is 0 Å². The average Bonchev–Trinajstić information content (AvgIpc) is 2.61. The second kappa shape index (κ2) is 3.10. The lowest BCUT2D eigenvalue weighted by Gasteiger charge is -2.33. The number of nitrogens with one attached hydrogen (secondary N) is 1. The third kappa shape index (κ3) is 1.42. The summed E-state index contributed by atoms with van der Waals surface area (Å²) in [6.45, 7) is 4.62. The van der Waals surface area contributed by atoms with Crippen LogP contribution < -0.4 is 5.43 Å². The molecule has 1 fully saturated rings. The van der Waals surface area contributed by atoms with Gasteiger partial charge >= 0.3 is 0 Å². The molecule has 0 spiro atoms. The van der Waals surface area contributed by atoms with E-state index in [2.05, 4.69) is 37.4 Å². The Hall–Kier alpha value is -0.340. The fourth-order valence-corrected chi connectivity index (χ4v) is 2.76. The van der Waals surface area contributed by atoms with Crippen LogP contribution >= 0.6 is 0 Å². The fraction of sp³-hybridized carbons (Fsp3) is 0.818. The summed E-state index contributed by atoms with van der Waals surface area (Å²) in [4.78, 5) is 0. The van der Waals surface area contributed by atoms with Gasteiger partial charge in [0.05, 0.1) is 5.54 Å². The van der Waals surface area contributed by atoms with Gasteiger partial charge in [0.15, 0.2) is 0 Å². The van der Waals surface area contributed by atoms with Crippen molar-refractivity contribution in [3.8, 4) is 0 Å². The Labute approximate surface area is 81.0 Å². The molecule has 0 aromatic carbocycles. The maximum atomic E-state index is 3.48. The molecule has 2 aliphatic rings. The molecule has 2 unspecified atom stereocenters. The van der Waals surface area contributed by atoms with E-state index in [-0.39, 0.29) is 5.54 Å². The molecule has 2 rings (SSSR count). The maximum absolute atomic E-state index is 3.48. The standard InChI is InChI=1S/C11H20N2/c1-9-8-11(2,13(3)12-9)10-6-4-5-7-10/h6,9,12H,4-5,7-8H2,1-3H3. The van der Waals surface area contributed by atoms with E-state index in [4.69, 9.17) is 0 Å². The lowest BCUT2D eigenvalue weighted by molar-refractivity contribution is 0.171. The summed E-state index contributed by atoms with van der Waals surface area (Å²) in [6, 6.07) is 0.622. The minimum Gasteiger partial charge on any atom is -0.252 e. The summed E-state index contributed by atoms with van der Waals surface area (Å²) in [6.07, 6.45) is 7.63. The Morgan fingerprint density at radius 1 is 1.62 bits per heavy atom. The first-order valence-electron chi connectivity index (χ1n) is 5.32. The van der Waals surface area contributed by atoms with Crippen molar-refractivity contribution in [3.63, 3.8) is 0 Å². The van der Waals surface area contributed by atoms with Gasteiger partial charge in [-0.25, -0.2) is 5.01 Å². The third-order valence-electron chi connectivity index (χ3n) is 3.59. The minimum absolute atomic E-state index is 0.288. The van der Waals surface area contributed by atoms with Crippen LogP contribution in [0.5, 0.6) is 0 Å². The van der Waals surface area contributed by atoms with Crippen molar-refractivity contribution in [1.29, 1.82) is 0 Å². The molecular formula is C11H20N2. The SMILES string of the molecule is CC1CC(C)(C2=CCCC2)N(C)N1. The van der Waals surface area contributed by atoms with Gasteiger partial charge in [-0.2, -0.15) is 0 Å². The summed E-state index contributed by atoms with van der Waals surface area (Å²) >= 11 is 0. The molecule has 1 heterocycles. The number of hydrazine groups is 1. The molecule has 0 bridgehead atoms. The van der Waals surface area contributed by atoms with Gasteiger partial charge < -0.3 is 0 Å². The minimum atomic E-state index is 0.288. The number of hydrogen-bond donors (Lipinski definition) is 1. The first kappa shape index (κ1) is 9.22. The van der Waals surface area contributed by atoms with Crippen LogP contribution in [0.4, 0.5) is 0 Å². The van der Waals surface area contributed by atoms with E-state index in [1.54, 1.807) is 5.57 Å². The maximum Gasteiger partial charge on any atom is 0.0546 e. The van der Waals surface area contributed by atoms with E-state index in [1.807, 2.05) is 0 Å². The monoisotopic (exact) mass is 180 g/mol. The van der Waals surface area contributed by atoms with Crippen molar-refractivity contribution in [2.24, 2.45) is 0 Å². The van der Waals surface area contributed by atoms with Crippen LogP contribution in [0.15, 0.2) is 11.6 Å². The van der Waals surface area contributed by atoms with Crippen LogP contribution in [0, 0.1) is 0 Å². The lowest BCUT2D eigenvalue weighted by Crippen LogP contribution is -2.44. The molecule has 0 aromatic rings. The van der Waals surface area contributed by atoms with Gasteiger partial charge in [-0.3, -0.25) is 5.43 Å². The van der Waals surface area contributed by atoms with Gasteiger partial charge in [0.2, 0.25) is 0 Å². The molecule has 74 valence electrons. The molecule has 1 N–H and O–H groups in total. The predicted molar refractivity (Wildman–Crippen MR) is 55.3 cm³/mol. The normalized spacial score (nSPS) is 41.2. The molecule has 0 amide bonds. The molecule has 0 radical (unpaired) electrons. The highest BCUT2D eigenvalue weighted by Crippen LogP contribution is 2.37. The summed E-state index contributed by atoms with van der Waals surface area (Å²) < 4.78 is 0. The Bertz CT molecular complexity index is 234. The third-order valence-corrected chi connectivity index (χ3v) is 3.59. The first-order chi connectivity index (χ1) is 6.13. The van der Waals surface area contributed by atoms with E-state index in [1.165, 1.54) is 25.7 Å². The van der Waals surface area contributed by atoms with Gasteiger partial charge in [-0.05, 0) is 39.5 Å². The number of nitrogens with zero attached hydrogens (tertiary/aromatic N) is 1. The van der Waals surface area contributed by atoms with Gasteiger partial charge in [-0.1, -0.05) is 11.6 Å². The van der Waals surface area contributed by atoms with Crippen LogP contribution in [0.1, 0.15) is 39.5 Å². The zero-order valence-electron chi connectivity index (χ0n) is 8.93. The predicted octanol–water partition coefficient (Wildman–Crippen LogP) is 2.08. The number of rotatable bonds is 1. The van der Waals surface area contributed by atoms with Crippen molar-refractivity contribution in [1.82, 2.24) is 10.4 Å². The van der Waals surface area contributed by atoms with E-state index >= 15 is 0 Å². The Morgan fingerprint density at radius 2 is 2.38 bits per heavy atom. The summed E-state index contributed by atoms with van der Waals surface area (Å²) in [5, 5.41) is 2.30. The summed E-state index contributed by atoms with van der Waals surface area (Å²) in [5.74, 6) is 0. The van der Waals surface area contributed by atoms with Crippen LogP contribution in [0.2, 0.25) is 0 Å². The molecule has 1 saturated heterocycles. The van der Waals surface area contributed by atoms with Crippen molar-refractivity contribution in [2.75, 3.05) is 7.05 Å². The topological polar surface area (TPSA) is 15.3 Å². The zero-order valence-corrected chi connectivity index (χ0v) is 8.93. The highest BCUT2D eigenvalue weighted by molar-refractivity contribution is 5.24. The highest BCUT2D eigenvalue weighted by atomic mass is 15.6. The molecule has 2 atom stereocenters. The Balaban J connectivity index is 2.19. The molecule has 13 heavy (non-hydrogen) atoms. The molecule has 0 aromatic heterocycles. The molecular weight excluding hydrogens is 160 g/mol. The molecule has 1 aliphatic heterocycles. The Kier molecular flexibility index (Phi) is 2.20. The second-order valence-electron chi connectivity index (χ2n) is 4.69. The van der Waals surface area contributed by atoms with Gasteiger partial charge in [0.25, 0.3) is 0 Å². The van der Waals surface area contributed by atoms with Crippen LogP contribution in [0.3, 0.4) is 0 Å². The Morgan fingerprint density at radius 3 is 2.85 bits per heavy atom. The summed E-state index contributed by atoms with van der Waals surface area (Å²) in [5.41, 5.74) is 5.41. The highest BCUT2D eigenvalue weighted by Gasteiger charge is 2.40. The van der Waals surface area contributed by atoms with Crippen molar-refractivity contribution < 1.29 is 0 Å². The van der Waals surface area contributed by atoms with E-state index < -0.39 is 0 Å². The number of allylic oxidation sites excluding steroid dienone is 1. The molecule has 2 heteroatoms. The van der Waals surface area contributed by atoms with Gasteiger partial charge in [0.1, 0.15) is 0 Å². The first-order valence-corrected chi connectivity index (χ1v) is 5.32. The van der Waals surface area contributed by atoms with Crippen molar-refractivity contribution >= 4 is 0 Å². The van der Waals surface area contributed by atoms with Crippen molar-refractivity contribution in [2.45, 2.75) is 51.1 Å². The second-order valence-corrected chi connectivity index (χ2v) is 4.69. The van der Waals surface area contributed by atoms with Crippen LogP contribution in [-0.2, 0) is 0 Å². The smallest absolute Gasteiger partial charge is 0.0546 e. The number of likely N-dealkylation sites (N-methyl/N-ethyl adjacent to an activating group) is 1. The number of hydrogen-bond acceptors (Lipinski definition) is 2. The van der Waals surface area contributed by atoms with Gasteiger partial charge in [-0.15, -0.1) is 0 Å². The summed E-state index contributed by atoms with van der Waals surface area (Å²) in [7, 11) is 2.17. The lowest BCUT2D eigenvalue weighted by atomic mass is 9.87. The quantitative estimate of drug-likeness (QED) is 0.622. The zero-order chi connectivity index (χ0) is 9.47. The molecule has 0 saturated carbocycles. The van der Waals surface area contributed by atoms with E-state index in [9.17, 15) is 0 Å². The molecule has 1 aliphatic carbocycles. The van der Waals surface area contributed by atoms with E-state index in [0.717, 1.165) is 0 Å². The van der Waals surface area contributed by atoms with Gasteiger partial charge in [0, 0.05) is 13.1 Å². The van der Waals surface area contributed by atoms with Crippen LogP contribution in [-0.4, -0.2) is 23.6 Å². The van der Waals surface area contributed by atoms with E-state index in [0.29, 0.717) is 6.04 Å². The van der Waals surface area contributed by atoms with Crippen molar-refractivity contribution in [3.05, 3.63) is 11.6 Å². The fourth-order valence-electron chi connectivity index (χ4n) is 2.76. The largest absolute Gasteiger partial charge is 0.252 e. The molecule has 2 nitrogen and oxygen atoms in total. The average molecular weight is 180 g/mol.